The Hall–Kier alpha value is -3.80. The van der Waals surface area contributed by atoms with E-state index in [0.717, 1.165) is 11.1 Å². The minimum atomic E-state index is -0.122. The molecule has 1 atom stereocenters. The zero-order valence-corrected chi connectivity index (χ0v) is 17.1. The Morgan fingerprint density at radius 1 is 1.43 bits per heavy atom. The van der Waals surface area contributed by atoms with Crippen LogP contribution in [0.3, 0.4) is 0 Å². The lowest BCUT2D eigenvalue weighted by Gasteiger charge is -2.14. The molecule has 0 fully saturated rings. The fraction of sp³-hybridized carbons (Fsp3) is 0.333. The van der Waals surface area contributed by atoms with E-state index < -0.39 is 0 Å². The van der Waals surface area contributed by atoms with Gasteiger partial charge in [-0.15, -0.1) is 0 Å². The maximum atomic E-state index is 12.4. The molecule has 154 valence electrons. The lowest BCUT2D eigenvalue weighted by atomic mass is 10.1. The molecule has 0 amide bonds. The van der Waals surface area contributed by atoms with Gasteiger partial charge >= 0.3 is 0 Å². The minimum absolute atomic E-state index is 0.00168. The number of nitriles is 1. The number of hydrazone groups is 1. The molecule has 1 unspecified atom stereocenters. The number of rotatable bonds is 8. The summed E-state index contributed by atoms with van der Waals surface area (Å²) in [4.78, 5) is 16.7. The van der Waals surface area contributed by atoms with Crippen molar-refractivity contribution in [2.24, 2.45) is 5.10 Å². The van der Waals surface area contributed by atoms with Gasteiger partial charge in [-0.05, 0) is 18.6 Å². The lowest BCUT2D eigenvalue weighted by molar-refractivity contribution is 0.348. The van der Waals surface area contributed by atoms with E-state index in [-0.39, 0.29) is 11.5 Å². The van der Waals surface area contributed by atoms with Gasteiger partial charge in [0.15, 0.2) is 5.82 Å². The number of aromatic nitrogens is 5. The first-order valence-corrected chi connectivity index (χ1v) is 9.63. The van der Waals surface area contributed by atoms with Crippen LogP contribution in [0.25, 0.3) is 5.57 Å². The molecule has 9 nitrogen and oxygen atoms in total. The fourth-order valence-corrected chi connectivity index (χ4v) is 3.03. The van der Waals surface area contributed by atoms with E-state index in [1.165, 1.54) is 6.07 Å². The first-order chi connectivity index (χ1) is 14.5. The van der Waals surface area contributed by atoms with Crippen molar-refractivity contribution in [2.45, 2.75) is 32.4 Å². The smallest absolute Gasteiger partial charge is 0.203 e. The summed E-state index contributed by atoms with van der Waals surface area (Å²) < 4.78 is 3.40. The molecule has 0 aliphatic carbocycles. The normalized spacial score (nSPS) is 16.7. The van der Waals surface area contributed by atoms with Crippen LogP contribution in [0.15, 0.2) is 58.9 Å². The van der Waals surface area contributed by atoms with Crippen LogP contribution in [0.5, 0.6) is 0 Å². The second-order valence-electron chi connectivity index (χ2n) is 6.86. The summed E-state index contributed by atoms with van der Waals surface area (Å²) in [6.45, 7) is 6.98. The number of nitrogens with zero attached hydrogens (tertiary/aromatic N) is 8. The van der Waals surface area contributed by atoms with Crippen LogP contribution in [0.1, 0.15) is 30.9 Å². The molecule has 0 radical (unpaired) electrons. The highest BCUT2D eigenvalue weighted by Crippen LogP contribution is 2.16. The van der Waals surface area contributed by atoms with Crippen LogP contribution in [0, 0.1) is 11.3 Å². The Morgan fingerprint density at radius 3 is 2.93 bits per heavy atom. The summed E-state index contributed by atoms with van der Waals surface area (Å²) in [5, 5.41) is 23.7. The molecular weight excluding hydrogens is 380 g/mol. The first-order valence-electron chi connectivity index (χ1n) is 9.63. The summed E-state index contributed by atoms with van der Waals surface area (Å²) in [5.41, 5.74) is 1.95. The van der Waals surface area contributed by atoms with Gasteiger partial charge in [0.1, 0.15) is 18.1 Å². The Kier molecular flexibility index (Phi) is 6.70. The van der Waals surface area contributed by atoms with Gasteiger partial charge in [-0.3, -0.25) is 19.2 Å². The van der Waals surface area contributed by atoms with Gasteiger partial charge in [0.25, 0.3) is 0 Å². The van der Waals surface area contributed by atoms with E-state index >= 15 is 0 Å². The summed E-state index contributed by atoms with van der Waals surface area (Å²) in [6.07, 6.45) is 11.3. The molecule has 0 spiro atoms. The van der Waals surface area contributed by atoms with Gasteiger partial charge in [-0.25, -0.2) is 4.98 Å². The van der Waals surface area contributed by atoms with Crippen molar-refractivity contribution in [3.8, 4) is 6.07 Å². The van der Waals surface area contributed by atoms with Gasteiger partial charge in [-0.1, -0.05) is 18.7 Å². The van der Waals surface area contributed by atoms with E-state index in [1.807, 2.05) is 37.3 Å². The van der Waals surface area contributed by atoms with Crippen molar-refractivity contribution in [3.05, 3.63) is 70.7 Å². The van der Waals surface area contributed by atoms with Crippen molar-refractivity contribution in [1.82, 2.24) is 29.6 Å². The highest BCUT2D eigenvalue weighted by molar-refractivity contribution is 5.70. The molecule has 0 aromatic carbocycles. The second kappa shape index (κ2) is 9.60. The molecule has 2 aromatic heterocycles. The number of hydrogen-bond acceptors (Lipinski definition) is 7. The van der Waals surface area contributed by atoms with Crippen LogP contribution < -0.4 is 5.43 Å². The molecule has 2 aromatic rings. The molecule has 3 heterocycles. The largest absolute Gasteiger partial charge is 0.298 e. The van der Waals surface area contributed by atoms with Gasteiger partial charge < -0.3 is 0 Å². The third kappa shape index (κ3) is 4.97. The summed E-state index contributed by atoms with van der Waals surface area (Å²) in [5.74, 6) is 0.554. The molecule has 0 bridgehead atoms. The first kappa shape index (κ1) is 20.9. The van der Waals surface area contributed by atoms with E-state index in [2.05, 4.69) is 32.9 Å². The molecule has 1 aliphatic rings. The number of hydrogen-bond donors (Lipinski definition) is 0. The molecule has 0 saturated carbocycles. The van der Waals surface area contributed by atoms with E-state index in [1.54, 1.807) is 28.0 Å². The predicted molar refractivity (Wildman–Crippen MR) is 115 cm³/mol. The third-order valence-electron chi connectivity index (χ3n) is 4.66. The Morgan fingerprint density at radius 2 is 2.27 bits per heavy atom. The van der Waals surface area contributed by atoms with Crippen LogP contribution in [0.2, 0.25) is 0 Å². The predicted octanol–water partition coefficient (Wildman–Crippen LogP) is 1.98. The zero-order valence-electron chi connectivity index (χ0n) is 17.1. The highest BCUT2D eigenvalue weighted by Gasteiger charge is 2.17. The van der Waals surface area contributed by atoms with Crippen molar-refractivity contribution < 1.29 is 0 Å². The highest BCUT2D eigenvalue weighted by atomic mass is 16.1. The fourth-order valence-electron chi connectivity index (χ4n) is 3.03. The van der Waals surface area contributed by atoms with Crippen molar-refractivity contribution >= 4 is 11.8 Å². The molecule has 30 heavy (non-hydrogen) atoms. The van der Waals surface area contributed by atoms with Crippen molar-refractivity contribution in [1.29, 1.82) is 5.26 Å². The Labute approximate surface area is 175 Å². The van der Waals surface area contributed by atoms with Crippen LogP contribution in [0.4, 0.5) is 0 Å². The molecule has 0 N–H and O–H groups in total. The van der Waals surface area contributed by atoms with Gasteiger partial charge in [0.2, 0.25) is 5.43 Å². The summed E-state index contributed by atoms with van der Waals surface area (Å²) in [6, 6.07) is 3.62. The second-order valence-corrected chi connectivity index (χ2v) is 6.86. The molecule has 3 rings (SSSR count). The topological polar surface area (TPSA) is 105 Å². The number of allylic oxidation sites excluding steroid dienone is 5. The third-order valence-corrected chi connectivity index (χ3v) is 4.66. The minimum Gasteiger partial charge on any atom is -0.298 e. The lowest BCUT2D eigenvalue weighted by Crippen LogP contribution is -2.24. The molecule has 1 aliphatic heterocycles. The van der Waals surface area contributed by atoms with Gasteiger partial charge in [0, 0.05) is 31.3 Å². The number of aryl methyl sites for hydroxylation is 1. The maximum Gasteiger partial charge on any atom is 0.203 e. The molecule has 0 saturated heterocycles. The summed E-state index contributed by atoms with van der Waals surface area (Å²) in [7, 11) is 1.90. The van der Waals surface area contributed by atoms with Crippen LogP contribution in [-0.2, 0) is 13.0 Å². The van der Waals surface area contributed by atoms with E-state index in [0.29, 0.717) is 37.4 Å². The van der Waals surface area contributed by atoms with E-state index in [4.69, 9.17) is 5.26 Å². The summed E-state index contributed by atoms with van der Waals surface area (Å²) >= 11 is 0. The SMILES string of the molecule is C=C/C(=C\C(=C/C)c1ncn(CCC#N)n1)Cc1nn(C2C=NN(C)C2)ccc1=O. The average molecular weight is 404 g/mol. The standard InChI is InChI=1S/C21H24N8O/c1-4-16(11-17(5-2)21-23-15-28(26-21)9-6-8-22)12-19-20(30)7-10-29(25-19)18-13-24-27(3)14-18/h4-5,7,10-11,13,15,18H,1,6,9,12,14H2,2-3H3/b16-11+,17-5+. The quantitative estimate of drug-likeness (QED) is 0.623. The van der Waals surface area contributed by atoms with Crippen LogP contribution >= 0.6 is 0 Å². The average Bonchev–Trinajstić information content (AvgIpc) is 3.40. The zero-order chi connectivity index (χ0) is 21.5. The maximum absolute atomic E-state index is 12.4. The van der Waals surface area contributed by atoms with Gasteiger partial charge in [0.05, 0.1) is 31.8 Å². The van der Waals surface area contributed by atoms with Gasteiger partial charge in [-0.2, -0.15) is 20.6 Å². The van der Waals surface area contributed by atoms with Crippen molar-refractivity contribution in [3.63, 3.8) is 0 Å². The monoisotopic (exact) mass is 404 g/mol. The van der Waals surface area contributed by atoms with Crippen LogP contribution in [-0.4, -0.2) is 49.4 Å². The van der Waals surface area contributed by atoms with Crippen molar-refractivity contribution in [2.75, 3.05) is 13.6 Å². The van der Waals surface area contributed by atoms with E-state index in [9.17, 15) is 4.79 Å². The Balaban J connectivity index is 1.82. The molecular formula is C21H24N8O. The Bertz CT molecular complexity index is 1100. The molecule has 9 heteroatoms. The number of likely N-dealkylation sites (N-methyl/N-ethyl adjacent to an activating group) is 1.